The number of halogens is 6. The minimum absolute atomic E-state index is 0.221. The number of anilines is 2. The fraction of sp³-hybridized carbons (Fsp3) is 0.387. The van der Waals surface area contributed by atoms with Crippen molar-refractivity contribution in [2.45, 2.75) is 63.3 Å². The number of urea groups is 1. The molecule has 0 bridgehead atoms. The molecule has 0 spiro atoms. The summed E-state index contributed by atoms with van der Waals surface area (Å²) in [5.74, 6) is -0.442. The first-order valence-corrected chi connectivity index (χ1v) is 13.5. The van der Waals surface area contributed by atoms with Crippen LogP contribution in [0.15, 0.2) is 60.7 Å². The van der Waals surface area contributed by atoms with Gasteiger partial charge in [0.15, 0.2) is 0 Å². The highest BCUT2D eigenvalue weighted by Gasteiger charge is 2.37. The molecule has 10 heteroatoms. The molecule has 0 unspecified atom stereocenters. The number of nitrogens with one attached hydrogen (secondary N) is 2. The Labute approximate surface area is 234 Å². The van der Waals surface area contributed by atoms with E-state index in [2.05, 4.69) is 15.5 Å². The minimum atomic E-state index is -4.44. The standard InChI is InChI=1S/C31H31F6N3O/c1-29(2,3)39-28(41)38-22-16-25-23(18-4-8-20(9-5-18)30(32,33)34)12-14-40-15-13-24(26(17-22)27(25)40)19-6-10-21(11-7-19)31(35,36)37/h4-11,16-17,23-24H,12-15H2,1-3H3,(H2,38,39,41)/t23-,24-/m0/s1. The zero-order valence-electron chi connectivity index (χ0n) is 22.9. The monoisotopic (exact) mass is 575 g/mol. The normalized spacial score (nSPS) is 19.0. The number of rotatable bonds is 3. The maximum Gasteiger partial charge on any atom is 0.416 e. The second-order valence-electron chi connectivity index (χ2n) is 11.7. The van der Waals surface area contributed by atoms with Gasteiger partial charge in [0, 0.05) is 41.8 Å². The van der Waals surface area contributed by atoms with Crippen molar-refractivity contribution in [3.63, 3.8) is 0 Å². The van der Waals surface area contributed by atoms with Crippen LogP contribution in [0.1, 0.15) is 78.8 Å². The molecule has 218 valence electrons. The molecule has 41 heavy (non-hydrogen) atoms. The largest absolute Gasteiger partial charge is 0.416 e. The zero-order chi connectivity index (χ0) is 29.7. The van der Waals surface area contributed by atoms with Crippen molar-refractivity contribution in [2.75, 3.05) is 23.3 Å². The second kappa shape index (κ2) is 10.3. The molecule has 0 saturated carbocycles. The van der Waals surface area contributed by atoms with E-state index >= 15 is 0 Å². The maximum atomic E-state index is 13.2. The van der Waals surface area contributed by atoms with Gasteiger partial charge in [-0.1, -0.05) is 24.3 Å². The Morgan fingerprint density at radius 3 is 1.51 bits per heavy atom. The number of amides is 2. The first kappa shape index (κ1) is 28.8. The van der Waals surface area contributed by atoms with E-state index in [-0.39, 0.29) is 11.8 Å². The Morgan fingerprint density at radius 2 is 1.15 bits per heavy atom. The van der Waals surface area contributed by atoms with Crippen molar-refractivity contribution in [2.24, 2.45) is 0 Å². The first-order chi connectivity index (χ1) is 19.1. The predicted molar refractivity (Wildman–Crippen MR) is 146 cm³/mol. The second-order valence-corrected chi connectivity index (χ2v) is 11.7. The van der Waals surface area contributed by atoms with Crippen LogP contribution in [0.3, 0.4) is 0 Å². The molecule has 0 fully saturated rings. The molecule has 0 aromatic heterocycles. The zero-order valence-corrected chi connectivity index (χ0v) is 22.9. The average Bonchev–Trinajstić information content (AvgIpc) is 2.87. The molecule has 5 rings (SSSR count). The molecular weight excluding hydrogens is 544 g/mol. The molecule has 3 aromatic carbocycles. The van der Waals surface area contributed by atoms with Crippen LogP contribution in [0.2, 0.25) is 0 Å². The fourth-order valence-electron chi connectivity index (χ4n) is 5.87. The molecule has 2 atom stereocenters. The highest BCUT2D eigenvalue weighted by atomic mass is 19.4. The molecule has 0 radical (unpaired) electrons. The third-order valence-corrected chi connectivity index (χ3v) is 7.64. The molecule has 2 N–H and O–H groups in total. The summed E-state index contributed by atoms with van der Waals surface area (Å²) < 4.78 is 79.4. The maximum absolute atomic E-state index is 13.2. The smallest absolute Gasteiger partial charge is 0.371 e. The number of carbonyl (C=O) groups is 1. The number of benzene rings is 3. The summed E-state index contributed by atoms with van der Waals surface area (Å²) in [7, 11) is 0. The van der Waals surface area contributed by atoms with E-state index in [9.17, 15) is 31.1 Å². The molecule has 0 saturated heterocycles. The SMILES string of the molecule is CC(C)(C)NC(=O)Nc1cc2c3c(c1)[C@H](c1ccc(C(F)(F)F)cc1)CCN3CC[C@H]2c1ccc(C(F)(F)F)cc1. The van der Waals surface area contributed by atoms with Gasteiger partial charge in [-0.25, -0.2) is 4.79 Å². The summed E-state index contributed by atoms with van der Waals surface area (Å²) in [4.78, 5) is 15.0. The molecule has 2 aliphatic rings. The van der Waals surface area contributed by atoms with Gasteiger partial charge in [0.25, 0.3) is 0 Å². The van der Waals surface area contributed by atoms with Crippen LogP contribution < -0.4 is 15.5 Å². The van der Waals surface area contributed by atoms with Gasteiger partial charge in [0.1, 0.15) is 0 Å². The van der Waals surface area contributed by atoms with Crippen molar-refractivity contribution in [1.82, 2.24) is 5.32 Å². The summed E-state index contributed by atoms with van der Waals surface area (Å²) in [6.07, 6.45) is -7.55. The Balaban J connectivity index is 1.60. The van der Waals surface area contributed by atoms with Crippen LogP contribution in [0.25, 0.3) is 0 Å². The van der Waals surface area contributed by atoms with E-state index in [1.54, 1.807) is 0 Å². The molecule has 2 aliphatic heterocycles. The third kappa shape index (κ3) is 6.16. The highest BCUT2D eigenvalue weighted by Crippen LogP contribution is 2.50. The summed E-state index contributed by atoms with van der Waals surface area (Å²) in [5.41, 5.74) is 2.70. The van der Waals surface area contributed by atoms with Gasteiger partial charge in [-0.3, -0.25) is 0 Å². The lowest BCUT2D eigenvalue weighted by Crippen LogP contribution is -2.43. The van der Waals surface area contributed by atoms with Gasteiger partial charge in [0.2, 0.25) is 0 Å². The molecule has 3 aromatic rings. The van der Waals surface area contributed by atoms with Crippen molar-refractivity contribution < 1.29 is 31.1 Å². The number of hydrogen-bond acceptors (Lipinski definition) is 2. The topological polar surface area (TPSA) is 44.4 Å². The molecule has 2 heterocycles. The van der Waals surface area contributed by atoms with Gasteiger partial charge in [-0.2, -0.15) is 26.3 Å². The van der Waals surface area contributed by atoms with Gasteiger partial charge < -0.3 is 15.5 Å². The molecule has 0 aliphatic carbocycles. The van der Waals surface area contributed by atoms with E-state index in [1.165, 1.54) is 24.3 Å². The van der Waals surface area contributed by atoms with Gasteiger partial charge in [-0.15, -0.1) is 0 Å². The first-order valence-electron chi connectivity index (χ1n) is 13.5. The highest BCUT2D eigenvalue weighted by molar-refractivity contribution is 5.91. The number of hydrogen-bond donors (Lipinski definition) is 2. The van der Waals surface area contributed by atoms with Crippen LogP contribution >= 0.6 is 0 Å². The van der Waals surface area contributed by atoms with E-state index in [1.807, 2.05) is 32.9 Å². The Hall–Kier alpha value is -3.69. The van der Waals surface area contributed by atoms with Crippen molar-refractivity contribution in [1.29, 1.82) is 0 Å². The van der Waals surface area contributed by atoms with Gasteiger partial charge >= 0.3 is 18.4 Å². The fourth-order valence-corrected chi connectivity index (χ4v) is 5.87. The number of alkyl halides is 6. The molecule has 2 amide bonds. The van der Waals surface area contributed by atoms with Crippen LogP contribution in [0, 0.1) is 0 Å². The van der Waals surface area contributed by atoms with Crippen LogP contribution in [-0.2, 0) is 12.4 Å². The summed E-state index contributed by atoms with van der Waals surface area (Å²) >= 11 is 0. The Morgan fingerprint density at radius 1 is 0.732 bits per heavy atom. The summed E-state index contributed by atoms with van der Waals surface area (Å²) in [6.45, 7) is 6.92. The molecule has 4 nitrogen and oxygen atoms in total. The average molecular weight is 576 g/mol. The summed E-state index contributed by atoms with van der Waals surface area (Å²) in [6, 6.07) is 13.6. The van der Waals surface area contributed by atoms with E-state index in [0.717, 1.165) is 52.2 Å². The van der Waals surface area contributed by atoms with Crippen LogP contribution in [-0.4, -0.2) is 24.7 Å². The van der Waals surface area contributed by atoms with Crippen molar-refractivity contribution in [3.8, 4) is 0 Å². The third-order valence-electron chi connectivity index (χ3n) is 7.64. The van der Waals surface area contributed by atoms with E-state index < -0.39 is 35.0 Å². The van der Waals surface area contributed by atoms with Crippen LogP contribution in [0.4, 0.5) is 42.5 Å². The van der Waals surface area contributed by atoms with Gasteiger partial charge in [0.05, 0.1) is 11.1 Å². The predicted octanol–water partition coefficient (Wildman–Crippen LogP) is 8.52. The number of nitrogens with zero attached hydrogens (tertiary/aromatic N) is 1. The Kier molecular flexibility index (Phi) is 7.24. The van der Waals surface area contributed by atoms with Crippen molar-refractivity contribution in [3.05, 3.63) is 94.0 Å². The lowest BCUT2D eigenvalue weighted by atomic mass is 9.76. The molecular formula is C31H31F6N3O. The van der Waals surface area contributed by atoms with Gasteiger partial charge in [-0.05, 0) is 92.3 Å². The summed E-state index contributed by atoms with van der Waals surface area (Å²) in [5, 5.41) is 5.76. The Bertz CT molecular complexity index is 1330. The quantitative estimate of drug-likeness (QED) is 0.308. The van der Waals surface area contributed by atoms with Crippen molar-refractivity contribution >= 4 is 17.4 Å². The minimum Gasteiger partial charge on any atom is -0.371 e. The lowest BCUT2D eigenvalue weighted by molar-refractivity contribution is -0.138. The lowest BCUT2D eigenvalue weighted by Gasteiger charge is -2.43. The van der Waals surface area contributed by atoms with E-state index in [0.29, 0.717) is 31.6 Å². The van der Waals surface area contributed by atoms with E-state index in [4.69, 9.17) is 0 Å². The number of carbonyl (C=O) groups excluding carboxylic acids is 1. The van der Waals surface area contributed by atoms with Crippen LogP contribution in [0.5, 0.6) is 0 Å².